The molecule has 0 spiro atoms. The third-order valence-electron chi connectivity index (χ3n) is 13.4. The van der Waals surface area contributed by atoms with Crippen LogP contribution in [-0.2, 0) is 31.2 Å². The first kappa shape index (κ1) is 60.2. The second-order valence-electron chi connectivity index (χ2n) is 19.9. The molecule has 0 amide bonds. The number of hydrogen-bond acceptors (Lipinski definition) is 15. The van der Waals surface area contributed by atoms with Gasteiger partial charge >= 0.3 is 20.8 Å². The first-order valence-electron chi connectivity index (χ1n) is 25.5. The SMILES string of the molecule is CN(C)c1ccc2nc3ccc(-c4cc5c(cc4N(C)C)N(c4ccccc4)c4cc(-c6cc7nc8ccc(=O)cc-8n(-c8ccccc8)c7cc6N(C)C)ccc4N5)cc3[n+](-c3ccccc3)c2c1.O=S(=O)(O)O.O=S(=O)(O)O.O=S(=O)([O-])O. The zero-order chi connectivity index (χ0) is 61.3. The van der Waals surface area contributed by atoms with Crippen molar-refractivity contribution in [3.63, 3.8) is 0 Å². The fraction of sp³-hybridized carbons (Fsp3) is 0.100. The van der Waals surface area contributed by atoms with Gasteiger partial charge in [-0.3, -0.25) is 27.6 Å². The molecule has 1 aliphatic carbocycles. The van der Waals surface area contributed by atoms with Crippen LogP contribution in [0.15, 0.2) is 193 Å². The molecule has 6 N–H and O–H groups in total. The Balaban J connectivity index is 0.000000516. The lowest BCUT2D eigenvalue weighted by Gasteiger charge is -2.36. The normalized spacial score (nSPS) is 11.9. The molecule has 1 aromatic heterocycles. The van der Waals surface area contributed by atoms with Crippen molar-refractivity contribution in [3.8, 4) is 45.0 Å². The number of aromatic nitrogens is 4. The maximum absolute atomic E-state index is 12.8. The van der Waals surface area contributed by atoms with Gasteiger partial charge in [0.05, 0.1) is 45.2 Å². The van der Waals surface area contributed by atoms with Crippen molar-refractivity contribution < 1.29 is 57.1 Å². The molecule has 25 heteroatoms. The summed E-state index contributed by atoms with van der Waals surface area (Å²) in [4.78, 5) is 32.0. The van der Waals surface area contributed by atoms with E-state index in [9.17, 15) is 4.79 Å². The van der Waals surface area contributed by atoms with Gasteiger partial charge in [0.25, 0.3) is 0 Å². The minimum Gasteiger partial charge on any atom is -0.726 e. The van der Waals surface area contributed by atoms with Crippen molar-refractivity contribution in [2.45, 2.75) is 0 Å². The molecule has 0 atom stereocenters. The molecule has 8 aromatic carbocycles. The number of benzene rings is 9. The Hall–Kier alpha value is -9.41. The zero-order valence-corrected chi connectivity index (χ0v) is 48.7. The summed E-state index contributed by atoms with van der Waals surface area (Å²) >= 11 is 0. The molecule has 0 saturated carbocycles. The molecule has 9 aromatic rings. The maximum atomic E-state index is 12.8. The molecule has 2 aliphatic heterocycles. The molecule has 3 aliphatic rings. The highest BCUT2D eigenvalue weighted by Crippen LogP contribution is 2.53. The van der Waals surface area contributed by atoms with Gasteiger partial charge in [0.15, 0.2) is 5.43 Å². The first-order valence-corrected chi connectivity index (χ1v) is 29.7. The largest absolute Gasteiger partial charge is 0.726 e. The van der Waals surface area contributed by atoms with Gasteiger partial charge in [-0.1, -0.05) is 66.7 Å². The van der Waals surface area contributed by atoms with Crippen LogP contribution in [0.3, 0.4) is 0 Å². The van der Waals surface area contributed by atoms with E-state index in [0.29, 0.717) is 0 Å². The van der Waals surface area contributed by atoms with Crippen LogP contribution in [0.4, 0.5) is 45.5 Å². The third-order valence-corrected chi connectivity index (χ3v) is 13.4. The summed E-state index contributed by atoms with van der Waals surface area (Å²) in [6.45, 7) is 0. The smallest absolute Gasteiger partial charge is 0.394 e. The van der Waals surface area contributed by atoms with Crippen molar-refractivity contribution in [3.05, 3.63) is 198 Å². The van der Waals surface area contributed by atoms with Gasteiger partial charge in [-0.15, -0.1) is 4.57 Å². The average molecular weight is 1210 g/mol. The van der Waals surface area contributed by atoms with Gasteiger partial charge < -0.3 is 34.0 Å². The van der Waals surface area contributed by atoms with Crippen molar-refractivity contribution in [2.75, 3.05) is 67.2 Å². The van der Waals surface area contributed by atoms with Gasteiger partial charge in [0, 0.05) is 112 Å². The molecule has 0 radical (unpaired) electrons. The molecule has 0 saturated heterocycles. The number of fused-ring (bicyclic) bond motifs is 6. The van der Waals surface area contributed by atoms with Gasteiger partial charge in [-0.2, -0.15) is 16.8 Å². The standard InChI is InChI=1S/C60H50N9O.3H2O4S/c1-64(2)43-24-28-49-57(32-43)67(40-16-10-7-11-17-40)55-30-38(22-26-47(55)61-49)45-34-51-59(36-53(45)65(3)4)68(41-18-12-8-13-19-41)56-31-39(23-27-48(56)62-51)46-35-52-60(37-54(46)66(5)6)69(42-20-14-9-15-21-42)58-33-44(70)25-29-50(58)63-52;3*1-5(2,3)4/h7-37,62H,1-6H3;3*(H2,1,2,3,4)/q+1;;;/p-1. The Labute approximate surface area is 489 Å². The summed E-state index contributed by atoms with van der Waals surface area (Å²) in [6.07, 6.45) is 0. The van der Waals surface area contributed by atoms with Crippen molar-refractivity contribution in [1.82, 2.24) is 14.5 Å². The Bertz CT molecular complexity index is 4620. The highest BCUT2D eigenvalue weighted by molar-refractivity contribution is 7.80. The number of nitrogens with one attached hydrogen (secondary N) is 1. The summed E-state index contributed by atoms with van der Waals surface area (Å²) in [7, 11) is -1.73. The van der Waals surface area contributed by atoms with Gasteiger partial charge in [0.2, 0.25) is 27.1 Å². The van der Waals surface area contributed by atoms with Crippen LogP contribution in [0.5, 0.6) is 0 Å². The van der Waals surface area contributed by atoms with E-state index < -0.39 is 31.2 Å². The molecule has 3 heterocycles. The minimum atomic E-state index is -4.92. The fourth-order valence-electron chi connectivity index (χ4n) is 10.1. The molecule has 85 heavy (non-hydrogen) atoms. The van der Waals surface area contributed by atoms with E-state index in [4.69, 9.17) is 62.5 Å². The molecule has 0 unspecified atom stereocenters. The van der Waals surface area contributed by atoms with Crippen molar-refractivity contribution in [2.24, 2.45) is 0 Å². The lowest BCUT2D eigenvalue weighted by Crippen LogP contribution is -2.33. The molecule has 0 fully saturated rings. The van der Waals surface area contributed by atoms with Gasteiger partial charge in [-0.05, 0) is 102 Å². The maximum Gasteiger partial charge on any atom is 0.394 e. The monoisotopic (exact) mass is 1210 g/mol. The van der Waals surface area contributed by atoms with Gasteiger partial charge in [-0.25, -0.2) is 18.4 Å². The Morgan fingerprint density at radius 2 is 1.00 bits per heavy atom. The molecular formula is C60H55N9O13S3. The van der Waals surface area contributed by atoms with Crippen LogP contribution < -0.4 is 34.9 Å². The van der Waals surface area contributed by atoms with Crippen LogP contribution in [0.1, 0.15) is 0 Å². The number of anilines is 8. The predicted molar refractivity (Wildman–Crippen MR) is 331 cm³/mol. The summed E-state index contributed by atoms with van der Waals surface area (Å²) in [5, 5.41) is 3.89. The molecular weight excluding hydrogens is 1150 g/mol. The molecule has 436 valence electrons. The van der Waals surface area contributed by atoms with Crippen molar-refractivity contribution >= 4 is 110 Å². The second-order valence-corrected chi connectivity index (χ2v) is 22.5. The lowest BCUT2D eigenvalue weighted by molar-refractivity contribution is -0.538. The quantitative estimate of drug-likeness (QED) is 0.0357. The van der Waals surface area contributed by atoms with E-state index in [-0.39, 0.29) is 5.43 Å². The molecule has 12 rings (SSSR count). The topological polar surface area (TPSA) is 303 Å². The van der Waals surface area contributed by atoms with E-state index in [1.165, 1.54) is 0 Å². The van der Waals surface area contributed by atoms with E-state index in [0.717, 1.165) is 124 Å². The number of nitrogens with zero attached hydrogens (tertiary/aromatic N) is 8. The minimum absolute atomic E-state index is 0.0561. The van der Waals surface area contributed by atoms with Gasteiger partial charge in [0.1, 0.15) is 11.0 Å². The highest BCUT2D eigenvalue weighted by Gasteiger charge is 2.29. The number of rotatable bonds is 8. The number of hydrogen-bond donors (Lipinski definition) is 6. The summed E-state index contributed by atoms with van der Waals surface area (Å²) in [6, 6.07) is 65.2. The first-order chi connectivity index (χ1) is 40.1. The second kappa shape index (κ2) is 24.1. The molecule has 0 bridgehead atoms. The number of para-hydroxylation sites is 3. The van der Waals surface area contributed by atoms with Crippen LogP contribution >= 0.6 is 0 Å². The van der Waals surface area contributed by atoms with Crippen LogP contribution in [0.25, 0.3) is 78.1 Å². The highest BCUT2D eigenvalue weighted by atomic mass is 32.3. The lowest BCUT2D eigenvalue weighted by atomic mass is 9.96. The van der Waals surface area contributed by atoms with E-state index >= 15 is 0 Å². The van der Waals surface area contributed by atoms with Crippen molar-refractivity contribution in [1.29, 1.82) is 0 Å². The Kier molecular flexibility index (Phi) is 17.0. The predicted octanol–water partition coefficient (Wildman–Crippen LogP) is 10.2. The summed E-state index contributed by atoms with van der Waals surface area (Å²) < 4.78 is 100. The zero-order valence-electron chi connectivity index (χ0n) is 46.2. The Morgan fingerprint density at radius 1 is 0.494 bits per heavy atom. The third kappa shape index (κ3) is 14.2. The van der Waals surface area contributed by atoms with E-state index in [1.807, 2.05) is 24.3 Å². The molecule has 22 nitrogen and oxygen atoms in total. The summed E-state index contributed by atoms with van der Waals surface area (Å²) in [5.41, 5.74) is 21.7. The van der Waals surface area contributed by atoms with Crippen LogP contribution in [0.2, 0.25) is 0 Å². The average Bonchev–Trinajstić information content (AvgIpc) is 0.826. The fourth-order valence-corrected chi connectivity index (χ4v) is 10.1. The van der Waals surface area contributed by atoms with Crippen LogP contribution in [0, 0.1) is 0 Å². The Morgan fingerprint density at radius 3 is 1.59 bits per heavy atom. The van der Waals surface area contributed by atoms with E-state index in [2.05, 4.69) is 228 Å². The van der Waals surface area contributed by atoms with E-state index in [1.54, 1.807) is 12.1 Å². The van der Waals surface area contributed by atoms with Crippen LogP contribution in [-0.4, -0.2) is 109 Å². The summed E-state index contributed by atoms with van der Waals surface area (Å²) in [5.74, 6) is 0.